The Morgan fingerprint density at radius 3 is 2.50 bits per heavy atom. The first kappa shape index (κ1) is 13.0. The van der Waals surface area contributed by atoms with Crippen LogP contribution in [0.25, 0.3) is 10.9 Å². The molecule has 0 radical (unpaired) electrons. The molecule has 0 atom stereocenters. The van der Waals surface area contributed by atoms with E-state index < -0.39 is 0 Å². The van der Waals surface area contributed by atoms with Gasteiger partial charge in [-0.3, -0.25) is 4.57 Å². The average molecular weight is 265 g/mol. The highest BCUT2D eigenvalue weighted by Crippen LogP contribution is 2.29. The van der Waals surface area contributed by atoms with Gasteiger partial charge in [0.2, 0.25) is 0 Å². The summed E-state index contributed by atoms with van der Waals surface area (Å²) < 4.78 is 1.60. The zero-order chi connectivity index (χ0) is 13.3. The van der Waals surface area contributed by atoms with E-state index in [1.54, 1.807) is 9.47 Å². The lowest BCUT2D eigenvalue weighted by atomic mass is 10.2. The predicted octanol–water partition coefficient (Wildman–Crippen LogP) is 3.91. The van der Waals surface area contributed by atoms with Crippen molar-refractivity contribution in [3.8, 4) is 0 Å². The van der Waals surface area contributed by atoms with Gasteiger partial charge in [0.1, 0.15) is 5.15 Å². The van der Waals surface area contributed by atoms with Gasteiger partial charge in [-0.05, 0) is 32.4 Å². The number of halogens is 1. The van der Waals surface area contributed by atoms with Crippen molar-refractivity contribution in [2.24, 2.45) is 0 Å². The van der Waals surface area contributed by atoms with Crippen molar-refractivity contribution in [1.82, 2.24) is 9.47 Å². The molecule has 0 aliphatic carbocycles. The van der Waals surface area contributed by atoms with Crippen molar-refractivity contribution >= 4 is 28.5 Å². The molecule has 1 aromatic carbocycles. The van der Waals surface area contributed by atoms with Gasteiger partial charge in [0.15, 0.2) is 0 Å². The number of aromatic nitrogens is 1. The second-order valence-electron chi connectivity index (χ2n) is 4.22. The lowest BCUT2D eigenvalue weighted by Crippen LogP contribution is -2.34. The van der Waals surface area contributed by atoms with E-state index in [1.807, 2.05) is 45.0 Å². The number of fused-ring (bicyclic) bond motifs is 1. The molecule has 1 heterocycles. The Labute approximate surface area is 112 Å². The Balaban J connectivity index is 2.64. The van der Waals surface area contributed by atoms with Gasteiger partial charge >= 0.3 is 6.03 Å². The maximum atomic E-state index is 12.5. The summed E-state index contributed by atoms with van der Waals surface area (Å²) in [7, 11) is 0. The third-order valence-electron chi connectivity index (χ3n) is 3.28. The van der Waals surface area contributed by atoms with Crippen molar-refractivity contribution in [2.45, 2.75) is 20.8 Å². The minimum atomic E-state index is -0.0608. The van der Waals surface area contributed by atoms with Crippen LogP contribution in [-0.2, 0) is 0 Å². The molecular weight excluding hydrogens is 248 g/mol. The Morgan fingerprint density at radius 2 is 1.89 bits per heavy atom. The first-order valence-corrected chi connectivity index (χ1v) is 6.54. The van der Waals surface area contributed by atoms with Crippen LogP contribution in [0.4, 0.5) is 4.79 Å². The van der Waals surface area contributed by atoms with Gasteiger partial charge in [-0.2, -0.15) is 0 Å². The second kappa shape index (κ2) is 5.02. The van der Waals surface area contributed by atoms with E-state index in [4.69, 9.17) is 11.6 Å². The van der Waals surface area contributed by atoms with Crippen LogP contribution in [0.3, 0.4) is 0 Å². The fourth-order valence-corrected chi connectivity index (χ4v) is 2.46. The zero-order valence-electron chi connectivity index (χ0n) is 10.9. The number of carbonyl (C=O) groups is 1. The number of para-hydroxylation sites is 1. The minimum Gasteiger partial charge on any atom is -0.325 e. The van der Waals surface area contributed by atoms with Crippen molar-refractivity contribution in [3.05, 3.63) is 35.0 Å². The van der Waals surface area contributed by atoms with Crippen LogP contribution in [0.5, 0.6) is 0 Å². The summed E-state index contributed by atoms with van der Waals surface area (Å²) in [4.78, 5) is 14.2. The molecule has 0 bridgehead atoms. The summed E-state index contributed by atoms with van der Waals surface area (Å²) in [5.41, 5.74) is 1.82. The van der Waals surface area contributed by atoms with Crippen LogP contribution in [0.2, 0.25) is 5.15 Å². The van der Waals surface area contributed by atoms with Gasteiger partial charge in [0.25, 0.3) is 0 Å². The lowest BCUT2D eigenvalue weighted by Gasteiger charge is -2.20. The molecule has 0 aliphatic heterocycles. The lowest BCUT2D eigenvalue weighted by molar-refractivity contribution is 0.206. The van der Waals surface area contributed by atoms with Crippen LogP contribution in [0.15, 0.2) is 24.3 Å². The Hall–Kier alpha value is -1.48. The van der Waals surface area contributed by atoms with E-state index in [2.05, 4.69) is 0 Å². The van der Waals surface area contributed by atoms with Crippen molar-refractivity contribution in [3.63, 3.8) is 0 Å². The number of hydrogen-bond donors (Lipinski definition) is 0. The molecule has 0 unspecified atom stereocenters. The molecule has 96 valence electrons. The van der Waals surface area contributed by atoms with Crippen molar-refractivity contribution in [1.29, 1.82) is 0 Å². The molecule has 4 heteroatoms. The van der Waals surface area contributed by atoms with Crippen LogP contribution in [-0.4, -0.2) is 28.6 Å². The Bertz CT molecular complexity index is 585. The molecule has 0 saturated heterocycles. The van der Waals surface area contributed by atoms with Gasteiger partial charge in [-0.25, -0.2) is 4.79 Å². The highest BCUT2D eigenvalue weighted by Gasteiger charge is 2.20. The minimum absolute atomic E-state index is 0.0608. The number of benzene rings is 1. The SMILES string of the molecule is CCN(CC)C(=O)n1c(Cl)c(C)c2ccccc21. The molecule has 2 aromatic rings. The summed E-state index contributed by atoms with van der Waals surface area (Å²) >= 11 is 6.30. The van der Waals surface area contributed by atoms with E-state index in [1.165, 1.54) is 0 Å². The predicted molar refractivity (Wildman–Crippen MR) is 75.4 cm³/mol. The average Bonchev–Trinajstić information content (AvgIpc) is 2.64. The molecule has 0 N–H and O–H groups in total. The summed E-state index contributed by atoms with van der Waals surface area (Å²) in [5, 5.41) is 1.54. The van der Waals surface area contributed by atoms with E-state index in [0.717, 1.165) is 16.5 Å². The summed E-state index contributed by atoms with van der Waals surface area (Å²) in [6, 6.07) is 7.73. The van der Waals surface area contributed by atoms with Crippen molar-refractivity contribution < 1.29 is 4.79 Å². The summed E-state index contributed by atoms with van der Waals surface area (Å²) in [5.74, 6) is 0. The topological polar surface area (TPSA) is 25.2 Å². The number of carbonyl (C=O) groups excluding carboxylic acids is 1. The third kappa shape index (κ3) is 1.89. The number of hydrogen-bond acceptors (Lipinski definition) is 1. The van der Waals surface area contributed by atoms with Crippen LogP contribution in [0.1, 0.15) is 19.4 Å². The zero-order valence-corrected chi connectivity index (χ0v) is 11.7. The fourth-order valence-electron chi connectivity index (χ4n) is 2.19. The molecule has 2 rings (SSSR count). The third-order valence-corrected chi connectivity index (χ3v) is 3.73. The first-order valence-electron chi connectivity index (χ1n) is 6.16. The molecule has 0 fully saturated rings. The van der Waals surface area contributed by atoms with E-state index in [9.17, 15) is 4.79 Å². The standard InChI is InChI=1S/C14H17ClN2O/c1-4-16(5-2)14(18)17-12-9-7-6-8-11(12)10(3)13(17)15/h6-9H,4-5H2,1-3H3. The van der Waals surface area contributed by atoms with Gasteiger partial charge in [-0.15, -0.1) is 0 Å². The van der Waals surface area contributed by atoms with Gasteiger partial charge in [-0.1, -0.05) is 29.8 Å². The van der Waals surface area contributed by atoms with Crippen molar-refractivity contribution in [2.75, 3.05) is 13.1 Å². The summed E-state index contributed by atoms with van der Waals surface area (Å²) in [6.45, 7) is 7.23. The molecule has 0 saturated carbocycles. The molecule has 0 aliphatic rings. The summed E-state index contributed by atoms with van der Waals surface area (Å²) in [6.07, 6.45) is 0. The Kier molecular flexibility index (Phi) is 3.62. The molecule has 0 spiro atoms. The fraction of sp³-hybridized carbons (Fsp3) is 0.357. The molecular formula is C14H17ClN2O. The molecule has 1 amide bonds. The first-order chi connectivity index (χ1) is 8.61. The monoisotopic (exact) mass is 264 g/mol. The normalized spacial score (nSPS) is 10.9. The maximum Gasteiger partial charge on any atom is 0.329 e. The molecule has 18 heavy (non-hydrogen) atoms. The highest BCUT2D eigenvalue weighted by atomic mass is 35.5. The Morgan fingerprint density at radius 1 is 1.28 bits per heavy atom. The van der Waals surface area contributed by atoms with Gasteiger partial charge in [0.05, 0.1) is 5.52 Å². The van der Waals surface area contributed by atoms with Crippen LogP contribution < -0.4 is 0 Å². The number of nitrogens with zero attached hydrogens (tertiary/aromatic N) is 2. The van der Waals surface area contributed by atoms with E-state index in [-0.39, 0.29) is 6.03 Å². The largest absolute Gasteiger partial charge is 0.329 e. The van der Waals surface area contributed by atoms with E-state index >= 15 is 0 Å². The number of aryl methyl sites for hydroxylation is 1. The van der Waals surface area contributed by atoms with Crippen LogP contribution in [0, 0.1) is 6.92 Å². The second-order valence-corrected chi connectivity index (χ2v) is 4.58. The highest BCUT2D eigenvalue weighted by molar-refractivity contribution is 6.33. The number of amides is 1. The van der Waals surface area contributed by atoms with Crippen LogP contribution >= 0.6 is 11.6 Å². The molecule has 3 nitrogen and oxygen atoms in total. The maximum absolute atomic E-state index is 12.5. The molecule has 1 aromatic heterocycles. The quantitative estimate of drug-likeness (QED) is 0.807. The smallest absolute Gasteiger partial charge is 0.325 e. The van der Waals surface area contributed by atoms with Gasteiger partial charge in [0, 0.05) is 18.5 Å². The van der Waals surface area contributed by atoms with Gasteiger partial charge < -0.3 is 4.90 Å². The van der Waals surface area contributed by atoms with E-state index in [0.29, 0.717) is 18.2 Å². The number of rotatable bonds is 2.